The van der Waals surface area contributed by atoms with Gasteiger partial charge in [0.25, 0.3) is 0 Å². The normalized spacial score (nSPS) is 16.2. The van der Waals surface area contributed by atoms with Crippen LogP contribution in [0.15, 0.2) is 0 Å². The molecule has 1 unspecified atom stereocenters. The maximum absolute atomic E-state index is 6.62. The molecule has 0 rings (SSSR count). The standard InChI is InChI=1S/C26H54O3/c1-20(29-26(14,15)24(10,11)19-28-22(5,6)7)18-23(8,9)25(12,13)27-17-16-21(2,3)4/h20H,16-19H2,1-15H3. The summed E-state index contributed by atoms with van der Waals surface area (Å²) in [6.45, 7) is 34.6. The molecule has 0 aromatic carbocycles. The van der Waals surface area contributed by atoms with E-state index in [1.54, 1.807) is 0 Å². The molecule has 3 nitrogen and oxygen atoms in total. The molecule has 0 radical (unpaired) electrons. The van der Waals surface area contributed by atoms with E-state index in [0.717, 1.165) is 19.4 Å². The van der Waals surface area contributed by atoms with Gasteiger partial charge in [-0.1, -0.05) is 48.5 Å². The van der Waals surface area contributed by atoms with Crippen molar-refractivity contribution >= 4 is 0 Å². The third-order valence-corrected chi connectivity index (χ3v) is 6.73. The van der Waals surface area contributed by atoms with Crippen molar-refractivity contribution in [3.05, 3.63) is 0 Å². The Hall–Kier alpha value is -0.120. The molecule has 0 bridgehead atoms. The van der Waals surface area contributed by atoms with Crippen LogP contribution in [0.2, 0.25) is 0 Å². The second-order valence-electron chi connectivity index (χ2n) is 13.5. The molecule has 0 spiro atoms. The predicted molar refractivity (Wildman–Crippen MR) is 127 cm³/mol. The van der Waals surface area contributed by atoms with Crippen molar-refractivity contribution in [3.8, 4) is 0 Å². The molecule has 0 heterocycles. The Morgan fingerprint density at radius 1 is 0.621 bits per heavy atom. The van der Waals surface area contributed by atoms with E-state index in [2.05, 4.69) is 104 Å². The van der Waals surface area contributed by atoms with Crippen molar-refractivity contribution in [1.29, 1.82) is 0 Å². The van der Waals surface area contributed by atoms with E-state index in [1.165, 1.54) is 0 Å². The fourth-order valence-corrected chi connectivity index (χ4v) is 3.05. The maximum Gasteiger partial charge on any atom is 0.0702 e. The molecule has 0 saturated heterocycles. The average molecular weight is 415 g/mol. The van der Waals surface area contributed by atoms with Crippen LogP contribution in [0.3, 0.4) is 0 Å². The molecule has 0 aliphatic rings. The summed E-state index contributed by atoms with van der Waals surface area (Å²) in [5, 5.41) is 0. The highest BCUT2D eigenvalue weighted by Crippen LogP contribution is 2.42. The van der Waals surface area contributed by atoms with Gasteiger partial charge in [0.05, 0.1) is 29.5 Å². The summed E-state index contributed by atoms with van der Waals surface area (Å²) in [6, 6.07) is 0. The third-order valence-electron chi connectivity index (χ3n) is 6.73. The van der Waals surface area contributed by atoms with Crippen LogP contribution in [0, 0.1) is 16.2 Å². The van der Waals surface area contributed by atoms with Crippen molar-refractivity contribution in [2.75, 3.05) is 13.2 Å². The van der Waals surface area contributed by atoms with Gasteiger partial charge >= 0.3 is 0 Å². The fraction of sp³-hybridized carbons (Fsp3) is 1.00. The van der Waals surface area contributed by atoms with Crippen LogP contribution in [-0.2, 0) is 14.2 Å². The lowest BCUT2D eigenvalue weighted by Gasteiger charge is -2.47. The lowest BCUT2D eigenvalue weighted by Crippen LogP contribution is -2.49. The zero-order chi connectivity index (χ0) is 23.5. The van der Waals surface area contributed by atoms with E-state index in [0.29, 0.717) is 12.0 Å². The van der Waals surface area contributed by atoms with E-state index in [4.69, 9.17) is 14.2 Å². The van der Waals surface area contributed by atoms with Crippen molar-refractivity contribution in [2.24, 2.45) is 16.2 Å². The number of rotatable bonds is 11. The summed E-state index contributed by atoms with van der Waals surface area (Å²) >= 11 is 0. The Morgan fingerprint density at radius 2 is 1.10 bits per heavy atom. The van der Waals surface area contributed by atoms with Crippen LogP contribution >= 0.6 is 0 Å². The molecule has 0 fully saturated rings. The van der Waals surface area contributed by atoms with Gasteiger partial charge in [-0.2, -0.15) is 0 Å². The van der Waals surface area contributed by atoms with Crippen LogP contribution in [0.25, 0.3) is 0 Å². The second kappa shape index (κ2) is 9.57. The quantitative estimate of drug-likeness (QED) is 0.347. The molecule has 3 heteroatoms. The van der Waals surface area contributed by atoms with Gasteiger partial charge in [-0.3, -0.25) is 0 Å². The van der Waals surface area contributed by atoms with Crippen LogP contribution in [-0.4, -0.2) is 36.1 Å². The van der Waals surface area contributed by atoms with Gasteiger partial charge in [0.1, 0.15) is 0 Å². The highest BCUT2D eigenvalue weighted by Gasteiger charge is 2.43. The first-order valence-electron chi connectivity index (χ1n) is 11.5. The van der Waals surface area contributed by atoms with Gasteiger partial charge < -0.3 is 14.2 Å². The smallest absolute Gasteiger partial charge is 0.0702 e. The van der Waals surface area contributed by atoms with Gasteiger partial charge in [0, 0.05) is 12.0 Å². The second-order valence-corrected chi connectivity index (χ2v) is 13.5. The van der Waals surface area contributed by atoms with Crippen LogP contribution < -0.4 is 0 Å². The molecule has 0 saturated carbocycles. The minimum atomic E-state index is -0.301. The van der Waals surface area contributed by atoms with Gasteiger partial charge in [0.2, 0.25) is 0 Å². The highest BCUT2D eigenvalue weighted by atomic mass is 16.5. The molecule has 0 aromatic rings. The Kier molecular flexibility index (Phi) is 9.53. The monoisotopic (exact) mass is 414 g/mol. The molecule has 29 heavy (non-hydrogen) atoms. The Balaban J connectivity index is 4.99. The average Bonchev–Trinajstić information content (AvgIpc) is 2.41. The Bertz CT molecular complexity index is 487. The van der Waals surface area contributed by atoms with E-state index < -0.39 is 0 Å². The van der Waals surface area contributed by atoms with E-state index >= 15 is 0 Å². The van der Waals surface area contributed by atoms with Crippen LogP contribution in [0.4, 0.5) is 0 Å². The maximum atomic E-state index is 6.62. The molecule has 0 aliphatic carbocycles. The summed E-state index contributed by atoms with van der Waals surface area (Å²) in [7, 11) is 0. The summed E-state index contributed by atoms with van der Waals surface area (Å²) in [6.07, 6.45) is 2.13. The predicted octanol–water partition coefficient (Wildman–Crippen LogP) is 7.66. The van der Waals surface area contributed by atoms with Gasteiger partial charge in [0.15, 0.2) is 0 Å². The molecular formula is C26H54O3. The van der Waals surface area contributed by atoms with Crippen LogP contribution in [0.5, 0.6) is 0 Å². The van der Waals surface area contributed by atoms with Crippen molar-refractivity contribution in [2.45, 2.75) is 140 Å². The van der Waals surface area contributed by atoms with E-state index in [1.807, 2.05) is 0 Å². The highest BCUT2D eigenvalue weighted by molar-refractivity contribution is 4.92. The minimum Gasteiger partial charge on any atom is -0.375 e. The number of hydrogen-bond donors (Lipinski definition) is 0. The molecule has 0 N–H and O–H groups in total. The number of ether oxygens (including phenoxy) is 3. The van der Waals surface area contributed by atoms with Gasteiger partial charge in [-0.05, 0) is 79.1 Å². The zero-order valence-corrected chi connectivity index (χ0v) is 22.6. The topological polar surface area (TPSA) is 27.7 Å². The van der Waals surface area contributed by atoms with Crippen molar-refractivity contribution < 1.29 is 14.2 Å². The summed E-state index contributed by atoms with van der Waals surface area (Å²) in [5.74, 6) is 0. The molecule has 176 valence electrons. The molecule has 0 amide bonds. The molecule has 0 aliphatic heterocycles. The van der Waals surface area contributed by atoms with E-state index in [9.17, 15) is 0 Å². The summed E-state index contributed by atoms with van der Waals surface area (Å²) in [4.78, 5) is 0. The molecule has 1 atom stereocenters. The van der Waals surface area contributed by atoms with Crippen molar-refractivity contribution in [3.63, 3.8) is 0 Å². The SMILES string of the molecule is CC(CC(C)(C)C(C)(C)OCCC(C)(C)C)OC(C)(C)C(C)(C)COC(C)(C)C. The first kappa shape index (κ1) is 28.9. The molecule has 0 aromatic heterocycles. The first-order valence-corrected chi connectivity index (χ1v) is 11.5. The first-order chi connectivity index (χ1) is 12.5. The third kappa shape index (κ3) is 10.2. The Labute approximate surface area is 183 Å². The van der Waals surface area contributed by atoms with Gasteiger partial charge in [-0.25, -0.2) is 0 Å². The van der Waals surface area contributed by atoms with Crippen LogP contribution in [0.1, 0.15) is 117 Å². The van der Waals surface area contributed by atoms with Gasteiger partial charge in [-0.15, -0.1) is 0 Å². The number of hydrogen-bond acceptors (Lipinski definition) is 3. The fourth-order valence-electron chi connectivity index (χ4n) is 3.05. The van der Waals surface area contributed by atoms with Crippen molar-refractivity contribution in [1.82, 2.24) is 0 Å². The zero-order valence-electron chi connectivity index (χ0n) is 22.6. The largest absolute Gasteiger partial charge is 0.375 e. The molecular weight excluding hydrogens is 360 g/mol. The van der Waals surface area contributed by atoms with E-state index in [-0.39, 0.29) is 33.7 Å². The lowest BCUT2D eigenvalue weighted by molar-refractivity contribution is -0.182. The summed E-state index contributed by atoms with van der Waals surface area (Å²) < 4.78 is 19.1. The minimum absolute atomic E-state index is 0.00751. The lowest BCUT2D eigenvalue weighted by atomic mass is 9.72. The summed E-state index contributed by atoms with van der Waals surface area (Å²) in [5.41, 5.74) is -0.476. The Morgan fingerprint density at radius 3 is 1.52 bits per heavy atom.